The summed E-state index contributed by atoms with van der Waals surface area (Å²) in [4.78, 5) is 39.0. The fourth-order valence-corrected chi connectivity index (χ4v) is 3.48. The van der Waals surface area contributed by atoms with E-state index in [4.69, 9.17) is 0 Å². The van der Waals surface area contributed by atoms with E-state index in [0.29, 0.717) is 5.69 Å². The van der Waals surface area contributed by atoms with Gasteiger partial charge in [0.25, 0.3) is 11.5 Å². The first-order valence-corrected chi connectivity index (χ1v) is 10.9. The van der Waals surface area contributed by atoms with Crippen molar-refractivity contribution in [3.05, 3.63) is 91.8 Å². The molecule has 1 aromatic heterocycles. The number of aromatic nitrogens is 3. The minimum atomic E-state index is -4.58. The molecule has 1 aliphatic carbocycles. The molecule has 0 atom stereocenters. The molecule has 1 heterocycles. The summed E-state index contributed by atoms with van der Waals surface area (Å²) >= 11 is 0. The van der Waals surface area contributed by atoms with E-state index in [1.807, 2.05) is 13.8 Å². The molecule has 3 aromatic rings. The molecule has 0 bridgehead atoms. The first-order chi connectivity index (χ1) is 16.0. The van der Waals surface area contributed by atoms with Crippen molar-refractivity contribution < 1.29 is 18.0 Å². The molecule has 1 saturated carbocycles. The second-order valence-corrected chi connectivity index (χ2v) is 8.63. The van der Waals surface area contributed by atoms with Gasteiger partial charge in [0.15, 0.2) is 0 Å². The Morgan fingerprint density at radius 3 is 2.38 bits per heavy atom. The SMILES string of the molecule is CC(C)c1ccc(-n2nc(C(=O)NC3CC3)c(=O)n(Cc3cccc(C(F)(F)F)c3)c2=O)cc1. The van der Waals surface area contributed by atoms with Gasteiger partial charge in [0.05, 0.1) is 17.8 Å². The molecule has 34 heavy (non-hydrogen) atoms. The normalized spacial score (nSPS) is 13.8. The fraction of sp³-hybridized carbons (Fsp3) is 0.333. The van der Waals surface area contributed by atoms with Gasteiger partial charge in [0.2, 0.25) is 5.69 Å². The summed E-state index contributed by atoms with van der Waals surface area (Å²) in [5.41, 5.74) is -1.78. The average Bonchev–Trinajstić information content (AvgIpc) is 3.60. The zero-order valence-electron chi connectivity index (χ0n) is 18.6. The highest BCUT2D eigenvalue weighted by Crippen LogP contribution is 2.29. The van der Waals surface area contributed by atoms with Crippen molar-refractivity contribution in [2.24, 2.45) is 0 Å². The molecular weight excluding hydrogens is 449 g/mol. The minimum absolute atomic E-state index is 0.0590. The van der Waals surface area contributed by atoms with Crippen molar-refractivity contribution in [1.29, 1.82) is 0 Å². The molecule has 10 heteroatoms. The van der Waals surface area contributed by atoms with Gasteiger partial charge in [-0.3, -0.25) is 14.2 Å². The molecule has 2 aromatic carbocycles. The summed E-state index contributed by atoms with van der Waals surface area (Å²) in [5.74, 6) is -0.480. The lowest BCUT2D eigenvalue weighted by Crippen LogP contribution is -2.46. The molecule has 0 saturated heterocycles. The van der Waals surface area contributed by atoms with Crippen molar-refractivity contribution in [1.82, 2.24) is 19.7 Å². The number of hydrogen-bond acceptors (Lipinski definition) is 4. The number of rotatable bonds is 6. The van der Waals surface area contributed by atoms with Crippen LogP contribution in [0.2, 0.25) is 0 Å². The lowest BCUT2D eigenvalue weighted by Gasteiger charge is -2.14. The zero-order chi connectivity index (χ0) is 24.6. The van der Waals surface area contributed by atoms with Gasteiger partial charge in [-0.1, -0.05) is 38.1 Å². The number of carbonyl (C=O) groups is 1. The second kappa shape index (κ2) is 8.92. The van der Waals surface area contributed by atoms with Crippen LogP contribution < -0.4 is 16.6 Å². The quantitative estimate of drug-likeness (QED) is 0.595. The molecule has 7 nitrogen and oxygen atoms in total. The van der Waals surface area contributed by atoms with Gasteiger partial charge in [0, 0.05) is 6.04 Å². The van der Waals surface area contributed by atoms with Crippen LogP contribution in [0.1, 0.15) is 59.8 Å². The van der Waals surface area contributed by atoms with Crippen LogP contribution in [-0.2, 0) is 12.7 Å². The van der Waals surface area contributed by atoms with E-state index in [-0.39, 0.29) is 17.5 Å². The van der Waals surface area contributed by atoms with Crippen molar-refractivity contribution in [2.75, 3.05) is 0 Å². The maximum Gasteiger partial charge on any atom is 0.416 e. The number of amides is 1. The summed E-state index contributed by atoms with van der Waals surface area (Å²) in [6, 6.07) is 11.2. The molecule has 0 unspecified atom stereocenters. The van der Waals surface area contributed by atoms with Gasteiger partial charge >= 0.3 is 11.9 Å². The number of hydrogen-bond donors (Lipinski definition) is 1. The Kier molecular flexibility index (Phi) is 6.16. The van der Waals surface area contributed by atoms with E-state index < -0.39 is 41.1 Å². The van der Waals surface area contributed by atoms with Crippen LogP contribution in [0.4, 0.5) is 13.2 Å². The van der Waals surface area contributed by atoms with E-state index in [1.54, 1.807) is 24.3 Å². The lowest BCUT2D eigenvalue weighted by molar-refractivity contribution is -0.137. The molecule has 4 rings (SSSR count). The summed E-state index contributed by atoms with van der Waals surface area (Å²) in [6.07, 6.45) is -3.02. The number of halogens is 3. The van der Waals surface area contributed by atoms with Gasteiger partial charge in [-0.15, -0.1) is 0 Å². The minimum Gasteiger partial charge on any atom is -0.348 e. The van der Waals surface area contributed by atoms with Gasteiger partial charge in [-0.05, 0) is 54.2 Å². The predicted molar refractivity (Wildman–Crippen MR) is 119 cm³/mol. The molecule has 1 aliphatic rings. The molecule has 0 spiro atoms. The first-order valence-electron chi connectivity index (χ1n) is 10.9. The summed E-state index contributed by atoms with van der Waals surface area (Å²) in [7, 11) is 0. The predicted octanol–water partition coefficient (Wildman–Crippen LogP) is 3.48. The van der Waals surface area contributed by atoms with Crippen LogP contribution in [0, 0.1) is 0 Å². The van der Waals surface area contributed by atoms with Crippen LogP contribution in [-0.4, -0.2) is 26.3 Å². The Labute approximate surface area is 192 Å². The highest BCUT2D eigenvalue weighted by molar-refractivity contribution is 5.92. The first kappa shape index (κ1) is 23.5. The van der Waals surface area contributed by atoms with Gasteiger partial charge in [0.1, 0.15) is 0 Å². The van der Waals surface area contributed by atoms with Crippen molar-refractivity contribution in [3.8, 4) is 5.69 Å². The molecule has 1 N–H and O–H groups in total. The number of nitrogens with zero attached hydrogens (tertiary/aromatic N) is 3. The van der Waals surface area contributed by atoms with Gasteiger partial charge < -0.3 is 5.32 Å². The highest BCUT2D eigenvalue weighted by atomic mass is 19.4. The Hall–Kier alpha value is -3.69. The molecule has 0 aliphatic heterocycles. The number of nitrogens with one attached hydrogen (secondary N) is 1. The van der Waals surface area contributed by atoms with Crippen LogP contribution >= 0.6 is 0 Å². The lowest BCUT2D eigenvalue weighted by atomic mass is 10.0. The topological polar surface area (TPSA) is 86.0 Å². The van der Waals surface area contributed by atoms with E-state index in [9.17, 15) is 27.6 Å². The number of carbonyl (C=O) groups excluding carboxylic acids is 1. The average molecular weight is 472 g/mol. The number of benzene rings is 2. The molecule has 178 valence electrons. The molecule has 1 fully saturated rings. The Bertz CT molecular complexity index is 1340. The van der Waals surface area contributed by atoms with Crippen molar-refractivity contribution in [2.45, 2.75) is 51.4 Å². The van der Waals surface area contributed by atoms with E-state index in [0.717, 1.165) is 39.8 Å². The van der Waals surface area contributed by atoms with Gasteiger partial charge in [-0.25, -0.2) is 4.79 Å². The van der Waals surface area contributed by atoms with Crippen LogP contribution in [0.25, 0.3) is 5.69 Å². The Morgan fingerprint density at radius 2 is 1.79 bits per heavy atom. The van der Waals surface area contributed by atoms with E-state index in [1.165, 1.54) is 12.1 Å². The maximum atomic E-state index is 13.2. The Balaban J connectivity index is 1.83. The van der Waals surface area contributed by atoms with Gasteiger partial charge in [-0.2, -0.15) is 23.0 Å². The molecule has 1 amide bonds. The van der Waals surface area contributed by atoms with Crippen LogP contribution in [0.3, 0.4) is 0 Å². The second-order valence-electron chi connectivity index (χ2n) is 8.63. The largest absolute Gasteiger partial charge is 0.416 e. The highest BCUT2D eigenvalue weighted by Gasteiger charge is 2.31. The third-order valence-electron chi connectivity index (χ3n) is 5.59. The van der Waals surface area contributed by atoms with Crippen LogP contribution in [0.15, 0.2) is 58.1 Å². The third kappa shape index (κ3) is 4.95. The fourth-order valence-electron chi connectivity index (χ4n) is 3.48. The smallest absolute Gasteiger partial charge is 0.348 e. The van der Waals surface area contributed by atoms with Crippen molar-refractivity contribution in [3.63, 3.8) is 0 Å². The molecular formula is C24H23F3N4O3. The van der Waals surface area contributed by atoms with Crippen molar-refractivity contribution >= 4 is 5.91 Å². The Morgan fingerprint density at radius 1 is 1.12 bits per heavy atom. The third-order valence-corrected chi connectivity index (χ3v) is 5.59. The summed E-state index contributed by atoms with van der Waals surface area (Å²) in [5, 5.41) is 6.71. The van der Waals surface area contributed by atoms with Crippen LogP contribution in [0.5, 0.6) is 0 Å². The monoisotopic (exact) mass is 472 g/mol. The number of alkyl halides is 3. The maximum absolute atomic E-state index is 13.2. The standard InChI is InChI=1S/C24H23F3N4O3/c1-14(2)16-6-10-19(11-7-16)31-23(34)30(13-15-4-3-5-17(12-15)24(25,26)27)22(33)20(29-31)21(32)28-18-8-9-18/h3-7,10-12,14,18H,8-9,13H2,1-2H3,(H,28,32). The molecule has 0 radical (unpaired) electrons. The van der Waals surface area contributed by atoms with E-state index >= 15 is 0 Å². The van der Waals surface area contributed by atoms with E-state index in [2.05, 4.69) is 10.4 Å². The zero-order valence-corrected chi connectivity index (χ0v) is 18.6. The summed E-state index contributed by atoms with van der Waals surface area (Å²) in [6.45, 7) is 3.57. The summed E-state index contributed by atoms with van der Waals surface area (Å²) < 4.78 is 41.1.